The molecule has 2 aliphatic heterocycles. The molecule has 0 radical (unpaired) electrons. The largest absolute Gasteiger partial charge is 0.497 e. The number of hydrogen-bond donors (Lipinski definition) is 1. The summed E-state index contributed by atoms with van der Waals surface area (Å²) in [4.78, 5) is 40.9. The monoisotopic (exact) mass is 373 g/mol. The SMILES string of the molecule is CCC(CC)C(=O)N[C@H]1CCN2C(=O)N(c3ccc(OC)cc3)C(=O)[C@@H]2C1. The van der Waals surface area contributed by atoms with Crippen molar-refractivity contribution in [1.82, 2.24) is 10.2 Å². The second-order valence-corrected chi connectivity index (χ2v) is 7.11. The first-order valence-electron chi connectivity index (χ1n) is 9.59. The molecule has 0 aliphatic carbocycles. The van der Waals surface area contributed by atoms with Crippen LogP contribution in [-0.2, 0) is 9.59 Å². The third kappa shape index (κ3) is 3.63. The second kappa shape index (κ2) is 7.98. The van der Waals surface area contributed by atoms with E-state index in [2.05, 4.69) is 5.32 Å². The number of carbonyl (C=O) groups is 3. The molecule has 2 aliphatic rings. The number of urea groups is 1. The maximum atomic E-state index is 12.9. The molecular formula is C20H27N3O4. The highest BCUT2D eigenvalue weighted by atomic mass is 16.5. The van der Waals surface area contributed by atoms with Crippen LogP contribution in [0.4, 0.5) is 10.5 Å². The van der Waals surface area contributed by atoms with E-state index in [0.717, 1.165) is 12.8 Å². The van der Waals surface area contributed by atoms with Gasteiger partial charge in [0.25, 0.3) is 5.91 Å². The zero-order chi connectivity index (χ0) is 19.6. The van der Waals surface area contributed by atoms with Gasteiger partial charge in [-0.1, -0.05) is 13.8 Å². The summed E-state index contributed by atoms with van der Waals surface area (Å²) in [5, 5.41) is 3.07. The van der Waals surface area contributed by atoms with Crippen molar-refractivity contribution >= 4 is 23.5 Å². The Morgan fingerprint density at radius 1 is 1.22 bits per heavy atom. The number of methoxy groups -OCH3 is 1. The van der Waals surface area contributed by atoms with E-state index in [0.29, 0.717) is 30.8 Å². The minimum atomic E-state index is -0.514. The third-order valence-electron chi connectivity index (χ3n) is 5.58. The summed E-state index contributed by atoms with van der Waals surface area (Å²) < 4.78 is 5.13. The van der Waals surface area contributed by atoms with Gasteiger partial charge >= 0.3 is 6.03 Å². The Morgan fingerprint density at radius 3 is 2.48 bits per heavy atom. The first-order chi connectivity index (χ1) is 13.0. The number of piperidine rings is 1. The molecule has 1 aromatic rings. The van der Waals surface area contributed by atoms with Crippen molar-refractivity contribution in [3.05, 3.63) is 24.3 Å². The Kier molecular flexibility index (Phi) is 5.68. The molecule has 3 rings (SSSR count). The van der Waals surface area contributed by atoms with Crippen molar-refractivity contribution < 1.29 is 19.1 Å². The van der Waals surface area contributed by atoms with Gasteiger partial charge in [0.05, 0.1) is 12.8 Å². The van der Waals surface area contributed by atoms with Crippen LogP contribution in [0.2, 0.25) is 0 Å². The molecule has 4 amide bonds. The molecule has 0 unspecified atom stereocenters. The summed E-state index contributed by atoms with van der Waals surface area (Å²) >= 11 is 0. The first kappa shape index (κ1) is 19.2. The molecule has 7 heteroatoms. The van der Waals surface area contributed by atoms with E-state index < -0.39 is 6.04 Å². The quantitative estimate of drug-likeness (QED) is 0.777. The normalized spacial score (nSPS) is 22.2. The molecule has 2 heterocycles. The second-order valence-electron chi connectivity index (χ2n) is 7.11. The fourth-order valence-corrected chi connectivity index (χ4v) is 3.88. The van der Waals surface area contributed by atoms with Gasteiger partial charge in [-0.05, 0) is 49.9 Å². The lowest BCUT2D eigenvalue weighted by Gasteiger charge is -2.33. The maximum Gasteiger partial charge on any atom is 0.332 e. The Balaban J connectivity index is 1.71. The van der Waals surface area contributed by atoms with Gasteiger partial charge < -0.3 is 15.0 Å². The van der Waals surface area contributed by atoms with E-state index >= 15 is 0 Å². The summed E-state index contributed by atoms with van der Waals surface area (Å²) in [6.07, 6.45) is 2.72. The highest BCUT2D eigenvalue weighted by Gasteiger charge is 2.48. The van der Waals surface area contributed by atoms with Crippen molar-refractivity contribution in [3.63, 3.8) is 0 Å². The number of carbonyl (C=O) groups excluding carboxylic acids is 3. The van der Waals surface area contributed by atoms with Crippen LogP contribution < -0.4 is 15.0 Å². The van der Waals surface area contributed by atoms with Crippen LogP contribution in [0.5, 0.6) is 5.75 Å². The summed E-state index contributed by atoms with van der Waals surface area (Å²) in [5.41, 5.74) is 0.540. The zero-order valence-corrected chi connectivity index (χ0v) is 16.1. The van der Waals surface area contributed by atoms with Gasteiger partial charge in [0.15, 0.2) is 0 Å². The van der Waals surface area contributed by atoms with Crippen molar-refractivity contribution in [2.75, 3.05) is 18.6 Å². The Labute approximate surface area is 159 Å². The number of benzene rings is 1. The third-order valence-corrected chi connectivity index (χ3v) is 5.58. The van der Waals surface area contributed by atoms with Crippen LogP contribution in [-0.4, -0.2) is 48.5 Å². The lowest BCUT2D eigenvalue weighted by atomic mass is 9.96. The Bertz CT molecular complexity index is 714. The molecule has 2 saturated heterocycles. The van der Waals surface area contributed by atoms with E-state index in [9.17, 15) is 14.4 Å². The van der Waals surface area contributed by atoms with E-state index in [4.69, 9.17) is 4.74 Å². The van der Waals surface area contributed by atoms with E-state index in [1.165, 1.54) is 4.90 Å². The van der Waals surface area contributed by atoms with E-state index in [1.54, 1.807) is 36.3 Å². The number of ether oxygens (including phenoxy) is 1. The highest BCUT2D eigenvalue weighted by molar-refractivity contribution is 6.21. The van der Waals surface area contributed by atoms with Crippen LogP contribution in [0.25, 0.3) is 0 Å². The topological polar surface area (TPSA) is 79.0 Å². The maximum absolute atomic E-state index is 12.9. The number of nitrogens with zero attached hydrogens (tertiary/aromatic N) is 2. The van der Waals surface area contributed by atoms with Crippen molar-refractivity contribution in [2.24, 2.45) is 5.92 Å². The molecule has 7 nitrogen and oxygen atoms in total. The number of rotatable bonds is 6. The molecular weight excluding hydrogens is 346 g/mol. The van der Waals surface area contributed by atoms with Crippen LogP contribution in [0, 0.1) is 5.92 Å². The predicted octanol–water partition coefficient (Wildman–Crippen LogP) is 2.55. The smallest absolute Gasteiger partial charge is 0.332 e. The number of hydrogen-bond acceptors (Lipinski definition) is 4. The van der Waals surface area contributed by atoms with Gasteiger partial charge in [0, 0.05) is 18.5 Å². The average Bonchev–Trinajstić information content (AvgIpc) is 2.93. The van der Waals surface area contributed by atoms with Crippen molar-refractivity contribution in [3.8, 4) is 5.75 Å². The molecule has 0 spiro atoms. The van der Waals surface area contributed by atoms with Gasteiger partial charge in [0.2, 0.25) is 5.91 Å². The molecule has 146 valence electrons. The molecule has 2 atom stereocenters. The minimum Gasteiger partial charge on any atom is -0.497 e. The molecule has 0 saturated carbocycles. The molecule has 2 fully saturated rings. The fourth-order valence-electron chi connectivity index (χ4n) is 3.88. The standard InChI is InChI=1S/C20H27N3O4/c1-4-13(5-2)18(24)21-14-10-11-22-17(12-14)19(25)23(20(22)26)15-6-8-16(27-3)9-7-15/h6-9,13-14,17H,4-5,10-12H2,1-3H3,(H,21,24)/t14-,17-/m0/s1. The van der Waals surface area contributed by atoms with Crippen molar-refractivity contribution in [2.45, 2.75) is 51.6 Å². The van der Waals surface area contributed by atoms with Crippen LogP contribution >= 0.6 is 0 Å². The summed E-state index contributed by atoms with van der Waals surface area (Å²) in [5.74, 6) is 0.480. The molecule has 0 aromatic heterocycles. The lowest BCUT2D eigenvalue weighted by Crippen LogP contribution is -2.50. The predicted molar refractivity (Wildman–Crippen MR) is 102 cm³/mol. The fraction of sp³-hybridized carbons (Fsp3) is 0.550. The molecule has 0 bridgehead atoms. The lowest BCUT2D eigenvalue weighted by molar-refractivity contribution is -0.127. The minimum absolute atomic E-state index is 0.000242. The molecule has 1 N–H and O–H groups in total. The Hall–Kier alpha value is -2.57. The number of amides is 4. The van der Waals surface area contributed by atoms with Gasteiger partial charge in [0.1, 0.15) is 11.8 Å². The van der Waals surface area contributed by atoms with Crippen LogP contribution in [0.3, 0.4) is 0 Å². The van der Waals surface area contributed by atoms with Crippen molar-refractivity contribution in [1.29, 1.82) is 0 Å². The van der Waals surface area contributed by atoms with Crippen LogP contribution in [0.1, 0.15) is 39.5 Å². The first-order valence-corrected chi connectivity index (χ1v) is 9.59. The van der Waals surface area contributed by atoms with Gasteiger partial charge in [-0.25, -0.2) is 9.69 Å². The average molecular weight is 373 g/mol. The van der Waals surface area contributed by atoms with E-state index in [1.807, 2.05) is 13.8 Å². The van der Waals surface area contributed by atoms with E-state index in [-0.39, 0.29) is 29.8 Å². The number of fused-ring (bicyclic) bond motifs is 1. The molecule has 27 heavy (non-hydrogen) atoms. The Morgan fingerprint density at radius 2 is 1.89 bits per heavy atom. The van der Waals surface area contributed by atoms with Gasteiger partial charge in [-0.2, -0.15) is 0 Å². The number of nitrogens with one attached hydrogen (secondary N) is 1. The number of imide groups is 1. The number of anilines is 1. The van der Waals surface area contributed by atoms with Gasteiger partial charge in [-0.15, -0.1) is 0 Å². The molecule has 1 aromatic carbocycles. The van der Waals surface area contributed by atoms with Crippen LogP contribution in [0.15, 0.2) is 24.3 Å². The highest BCUT2D eigenvalue weighted by Crippen LogP contribution is 2.31. The summed E-state index contributed by atoms with van der Waals surface area (Å²) in [6.45, 7) is 4.47. The summed E-state index contributed by atoms with van der Waals surface area (Å²) in [6, 6.07) is 5.99. The summed E-state index contributed by atoms with van der Waals surface area (Å²) in [7, 11) is 1.57. The van der Waals surface area contributed by atoms with Gasteiger partial charge in [-0.3, -0.25) is 9.59 Å². The zero-order valence-electron chi connectivity index (χ0n) is 16.1.